The van der Waals surface area contributed by atoms with Crippen LogP contribution < -0.4 is 5.32 Å². The molecule has 3 rings (SSSR count). The SMILES string of the molecule is Cc1ccc(Nc2nnc(SCC(=O)c3ccccc3F)s2)cc1C. The molecule has 0 radical (unpaired) electrons. The summed E-state index contributed by atoms with van der Waals surface area (Å²) in [5.41, 5.74) is 3.47. The maximum atomic E-state index is 13.6. The molecule has 0 bridgehead atoms. The number of anilines is 2. The molecule has 0 saturated carbocycles. The van der Waals surface area contributed by atoms with Crippen molar-refractivity contribution in [3.63, 3.8) is 0 Å². The molecule has 0 fully saturated rings. The number of rotatable bonds is 6. The third-order valence-electron chi connectivity index (χ3n) is 3.67. The molecule has 128 valence electrons. The van der Waals surface area contributed by atoms with E-state index in [1.165, 1.54) is 46.4 Å². The van der Waals surface area contributed by atoms with E-state index < -0.39 is 5.82 Å². The molecule has 1 N–H and O–H groups in total. The van der Waals surface area contributed by atoms with E-state index in [1.807, 2.05) is 18.2 Å². The molecule has 4 nitrogen and oxygen atoms in total. The molecule has 25 heavy (non-hydrogen) atoms. The molecule has 1 heterocycles. The van der Waals surface area contributed by atoms with Gasteiger partial charge in [-0.05, 0) is 49.2 Å². The summed E-state index contributed by atoms with van der Waals surface area (Å²) in [7, 11) is 0. The molecule has 0 saturated heterocycles. The van der Waals surface area contributed by atoms with Crippen molar-refractivity contribution in [3.05, 3.63) is 65.0 Å². The van der Waals surface area contributed by atoms with Gasteiger partial charge in [-0.15, -0.1) is 10.2 Å². The second-order valence-corrected chi connectivity index (χ2v) is 7.69. The minimum atomic E-state index is -0.498. The van der Waals surface area contributed by atoms with Crippen LogP contribution in [0.4, 0.5) is 15.2 Å². The number of halogens is 1. The van der Waals surface area contributed by atoms with Gasteiger partial charge in [-0.2, -0.15) is 0 Å². The van der Waals surface area contributed by atoms with Gasteiger partial charge in [0.2, 0.25) is 5.13 Å². The van der Waals surface area contributed by atoms with E-state index in [2.05, 4.69) is 29.4 Å². The van der Waals surface area contributed by atoms with E-state index in [9.17, 15) is 9.18 Å². The molecule has 7 heteroatoms. The van der Waals surface area contributed by atoms with Gasteiger partial charge < -0.3 is 5.32 Å². The highest BCUT2D eigenvalue weighted by molar-refractivity contribution is 8.01. The summed E-state index contributed by atoms with van der Waals surface area (Å²) < 4.78 is 14.3. The number of thioether (sulfide) groups is 1. The number of benzene rings is 2. The number of hydrogen-bond acceptors (Lipinski definition) is 6. The average molecular weight is 373 g/mol. The van der Waals surface area contributed by atoms with Gasteiger partial charge in [-0.3, -0.25) is 4.79 Å². The van der Waals surface area contributed by atoms with Crippen molar-refractivity contribution < 1.29 is 9.18 Å². The Morgan fingerprint density at radius 2 is 1.96 bits per heavy atom. The molecule has 1 aromatic heterocycles. The van der Waals surface area contributed by atoms with E-state index >= 15 is 0 Å². The van der Waals surface area contributed by atoms with Gasteiger partial charge in [0.1, 0.15) is 5.82 Å². The molecular formula is C18H16FN3OS2. The summed E-state index contributed by atoms with van der Waals surface area (Å²) in [6, 6.07) is 12.1. The van der Waals surface area contributed by atoms with Crippen LogP contribution in [0.3, 0.4) is 0 Å². The highest BCUT2D eigenvalue weighted by atomic mass is 32.2. The normalized spacial score (nSPS) is 10.7. The van der Waals surface area contributed by atoms with E-state index in [-0.39, 0.29) is 17.1 Å². The van der Waals surface area contributed by atoms with Crippen molar-refractivity contribution in [2.75, 3.05) is 11.1 Å². The second kappa shape index (κ2) is 7.76. The summed E-state index contributed by atoms with van der Waals surface area (Å²) in [5, 5.41) is 12.0. The Bertz CT molecular complexity index is 911. The van der Waals surface area contributed by atoms with E-state index in [0.29, 0.717) is 9.47 Å². The van der Waals surface area contributed by atoms with Crippen molar-refractivity contribution in [3.8, 4) is 0 Å². The second-order valence-electron chi connectivity index (χ2n) is 5.49. The quantitative estimate of drug-likeness (QED) is 0.486. The first kappa shape index (κ1) is 17.6. The fraction of sp³-hybridized carbons (Fsp3) is 0.167. The molecule has 0 spiro atoms. The first-order valence-electron chi connectivity index (χ1n) is 7.61. The lowest BCUT2D eigenvalue weighted by molar-refractivity contribution is 0.101. The monoisotopic (exact) mass is 373 g/mol. The highest BCUT2D eigenvalue weighted by Gasteiger charge is 2.13. The summed E-state index contributed by atoms with van der Waals surface area (Å²) in [6.07, 6.45) is 0. The standard InChI is InChI=1S/C18H16FN3OS2/c1-11-7-8-13(9-12(11)2)20-17-21-22-18(25-17)24-10-16(23)14-5-3-4-6-15(14)19/h3-9H,10H2,1-2H3,(H,20,21). The largest absolute Gasteiger partial charge is 0.330 e. The van der Waals surface area contributed by atoms with E-state index in [0.717, 1.165) is 5.69 Å². The minimum Gasteiger partial charge on any atom is -0.330 e. The van der Waals surface area contributed by atoms with Gasteiger partial charge in [-0.1, -0.05) is 41.3 Å². The number of nitrogens with one attached hydrogen (secondary N) is 1. The van der Waals surface area contributed by atoms with E-state index in [4.69, 9.17) is 0 Å². The molecule has 0 unspecified atom stereocenters. The third kappa shape index (κ3) is 4.43. The van der Waals surface area contributed by atoms with Crippen molar-refractivity contribution in [2.45, 2.75) is 18.2 Å². The number of aromatic nitrogens is 2. The zero-order chi connectivity index (χ0) is 17.8. The number of aryl methyl sites for hydroxylation is 2. The predicted octanol–water partition coefficient (Wildman–Crippen LogP) is 5.01. The number of hydrogen-bond donors (Lipinski definition) is 1. The van der Waals surface area contributed by atoms with Crippen LogP contribution in [-0.4, -0.2) is 21.7 Å². The number of nitrogens with zero attached hydrogens (tertiary/aromatic N) is 2. The van der Waals surface area contributed by atoms with Crippen LogP contribution in [0.25, 0.3) is 0 Å². The fourth-order valence-corrected chi connectivity index (χ4v) is 3.81. The Morgan fingerprint density at radius 3 is 2.72 bits per heavy atom. The van der Waals surface area contributed by atoms with Gasteiger partial charge in [0.25, 0.3) is 0 Å². The summed E-state index contributed by atoms with van der Waals surface area (Å²) in [5.74, 6) is -0.636. The van der Waals surface area contributed by atoms with Crippen LogP contribution in [0, 0.1) is 19.7 Å². The van der Waals surface area contributed by atoms with Gasteiger partial charge in [0.15, 0.2) is 10.1 Å². The zero-order valence-corrected chi connectivity index (χ0v) is 15.4. The average Bonchev–Trinajstić information content (AvgIpc) is 3.04. The Kier molecular flexibility index (Phi) is 5.45. The molecule has 0 aliphatic rings. The summed E-state index contributed by atoms with van der Waals surface area (Å²) in [4.78, 5) is 12.1. The van der Waals surface area contributed by atoms with Crippen LogP contribution >= 0.6 is 23.1 Å². The first-order chi connectivity index (χ1) is 12.0. The molecule has 0 aliphatic carbocycles. The molecule has 0 atom stereocenters. The van der Waals surface area contributed by atoms with Crippen molar-refractivity contribution in [1.29, 1.82) is 0 Å². The van der Waals surface area contributed by atoms with Crippen molar-refractivity contribution in [1.82, 2.24) is 10.2 Å². The first-order valence-corrected chi connectivity index (χ1v) is 9.41. The Balaban J connectivity index is 1.61. The lowest BCUT2D eigenvalue weighted by Crippen LogP contribution is -2.04. The van der Waals surface area contributed by atoms with Crippen LogP contribution in [-0.2, 0) is 0 Å². The van der Waals surface area contributed by atoms with Crippen LogP contribution in [0.2, 0.25) is 0 Å². The smallest absolute Gasteiger partial charge is 0.210 e. The lowest BCUT2D eigenvalue weighted by atomic mass is 10.1. The molecule has 2 aromatic carbocycles. The number of carbonyl (C=O) groups is 1. The van der Waals surface area contributed by atoms with Gasteiger partial charge in [0.05, 0.1) is 11.3 Å². The van der Waals surface area contributed by atoms with Crippen molar-refractivity contribution >= 4 is 39.7 Å². The number of Topliss-reactive ketones (excluding diaryl/α,β-unsaturated/α-hetero) is 1. The van der Waals surface area contributed by atoms with Crippen LogP contribution in [0.5, 0.6) is 0 Å². The van der Waals surface area contributed by atoms with Crippen LogP contribution in [0.15, 0.2) is 46.8 Å². The van der Waals surface area contributed by atoms with E-state index in [1.54, 1.807) is 12.1 Å². The molecule has 0 amide bonds. The Morgan fingerprint density at radius 1 is 1.16 bits per heavy atom. The zero-order valence-electron chi connectivity index (χ0n) is 13.7. The van der Waals surface area contributed by atoms with Gasteiger partial charge in [0, 0.05) is 5.69 Å². The maximum Gasteiger partial charge on any atom is 0.210 e. The topological polar surface area (TPSA) is 54.9 Å². The summed E-state index contributed by atoms with van der Waals surface area (Å²) in [6.45, 7) is 4.11. The molecule has 0 aliphatic heterocycles. The van der Waals surface area contributed by atoms with Crippen molar-refractivity contribution in [2.24, 2.45) is 0 Å². The Hall–Kier alpha value is -2.25. The number of carbonyl (C=O) groups excluding carboxylic acids is 1. The fourth-order valence-electron chi connectivity index (χ4n) is 2.15. The summed E-state index contributed by atoms with van der Waals surface area (Å²) >= 11 is 2.62. The highest BCUT2D eigenvalue weighted by Crippen LogP contribution is 2.28. The minimum absolute atomic E-state index is 0.105. The Labute approximate surface area is 153 Å². The lowest BCUT2D eigenvalue weighted by Gasteiger charge is -2.05. The van der Waals surface area contributed by atoms with Gasteiger partial charge in [-0.25, -0.2) is 4.39 Å². The van der Waals surface area contributed by atoms with Gasteiger partial charge >= 0.3 is 0 Å². The molecular weight excluding hydrogens is 357 g/mol. The van der Waals surface area contributed by atoms with Crippen LogP contribution in [0.1, 0.15) is 21.5 Å². The molecule has 3 aromatic rings. The predicted molar refractivity (Wildman–Crippen MR) is 101 cm³/mol. The third-order valence-corrected chi connectivity index (χ3v) is 5.64. The maximum absolute atomic E-state index is 13.6. The number of ketones is 1.